The summed E-state index contributed by atoms with van der Waals surface area (Å²) in [5.41, 5.74) is 4.53. The van der Waals surface area contributed by atoms with Gasteiger partial charge in [-0.3, -0.25) is 10.3 Å². The summed E-state index contributed by atoms with van der Waals surface area (Å²) >= 11 is 0. The molecule has 0 bridgehead atoms. The molecule has 3 rings (SSSR count). The number of rotatable bonds is 2. The van der Waals surface area contributed by atoms with Crippen LogP contribution in [0.1, 0.15) is 45.2 Å². The number of amidine groups is 1. The molecule has 4 nitrogen and oxygen atoms in total. The highest BCUT2D eigenvalue weighted by atomic mass is 19.1. The van der Waals surface area contributed by atoms with Crippen molar-refractivity contribution in [1.29, 1.82) is 5.41 Å². The predicted molar refractivity (Wildman–Crippen MR) is 88.9 cm³/mol. The number of halogens is 3. The Kier molecular flexibility index (Phi) is 5.69. The third-order valence-electron chi connectivity index (χ3n) is 3.85. The first-order chi connectivity index (χ1) is 11.8. The van der Waals surface area contributed by atoms with Crippen molar-refractivity contribution in [2.75, 3.05) is 0 Å². The van der Waals surface area contributed by atoms with Crippen LogP contribution in [-0.2, 0) is 0 Å². The number of hydrogen-bond acceptors (Lipinski definition) is 2. The van der Waals surface area contributed by atoms with Crippen LogP contribution in [0.2, 0.25) is 0 Å². The molecule has 2 N–H and O–H groups in total. The number of hydrogen-bond donors (Lipinski definition) is 2. The highest BCUT2D eigenvalue weighted by molar-refractivity contribution is 6.01. The average molecular weight is 351 g/mol. The van der Waals surface area contributed by atoms with E-state index in [1.54, 1.807) is 0 Å². The monoisotopic (exact) mass is 351 g/mol. The van der Waals surface area contributed by atoms with E-state index in [1.807, 2.05) is 20.8 Å². The summed E-state index contributed by atoms with van der Waals surface area (Å²) in [4.78, 5) is 13.2. The number of likely N-dealkylation sites (tertiary alicyclic amines) is 1. The van der Waals surface area contributed by atoms with Gasteiger partial charge in [0.25, 0.3) is 0 Å². The van der Waals surface area contributed by atoms with Gasteiger partial charge in [0, 0.05) is 18.9 Å². The lowest BCUT2D eigenvalue weighted by molar-refractivity contribution is 0.214. The van der Waals surface area contributed by atoms with Crippen molar-refractivity contribution < 1.29 is 18.0 Å². The fraction of sp³-hybridized carbons (Fsp3) is 0.389. The maximum absolute atomic E-state index is 13.9. The molecule has 1 aliphatic heterocycles. The van der Waals surface area contributed by atoms with E-state index in [0.717, 1.165) is 22.6 Å². The zero-order valence-corrected chi connectivity index (χ0v) is 14.3. The highest BCUT2D eigenvalue weighted by Crippen LogP contribution is 2.35. The Bertz CT molecular complexity index is 749. The predicted octanol–water partition coefficient (Wildman–Crippen LogP) is 4.60. The Labute approximate surface area is 144 Å². The smallest absolute Gasteiger partial charge is 0.304 e. The lowest BCUT2D eigenvalue weighted by atomic mass is 10.0. The van der Waals surface area contributed by atoms with E-state index in [0.29, 0.717) is 18.2 Å². The van der Waals surface area contributed by atoms with Crippen LogP contribution in [0.3, 0.4) is 0 Å². The van der Waals surface area contributed by atoms with E-state index in [1.165, 1.54) is 0 Å². The van der Waals surface area contributed by atoms with E-state index in [4.69, 9.17) is 5.41 Å². The second kappa shape index (κ2) is 7.57. The topological polar surface area (TPSA) is 56.2 Å². The first-order valence-corrected chi connectivity index (χ1v) is 8.09. The molecule has 2 atom stereocenters. The normalized spacial score (nSPS) is 21.7. The number of carbonyl (C=O) groups excluding carboxylic acids is 1. The number of carbonyl (C=O) groups is 1. The maximum atomic E-state index is 13.9. The molecule has 1 unspecified atom stereocenters. The molecule has 0 aromatic heterocycles. The first-order valence-electron chi connectivity index (χ1n) is 8.09. The molecular formula is C18H20F3N3O. The lowest BCUT2D eigenvalue weighted by Crippen LogP contribution is -2.43. The van der Waals surface area contributed by atoms with Gasteiger partial charge in [0.1, 0.15) is 17.5 Å². The van der Waals surface area contributed by atoms with E-state index in [2.05, 4.69) is 11.0 Å². The van der Waals surface area contributed by atoms with Crippen molar-refractivity contribution >= 4 is 11.9 Å². The SMILES string of the molecule is CC.CC1=C=C(NC(=O)N2C(=N)C(F)C[C@H]2c2cc(F)cc(F)c2)C1. The molecule has 0 radical (unpaired) electrons. The van der Waals surface area contributed by atoms with Crippen LogP contribution >= 0.6 is 0 Å². The highest BCUT2D eigenvalue weighted by Gasteiger charge is 2.42. The van der Waals surface area contributed by atoms with E-state index < -0.39 is 35.7 Å². The van der Waals surface area contributed by atoms with Crippen molar-refractivity contribution in [3.8, 4) is 0 Å². The molecule has 25 heavy (non-hydrogen) atoms. The Morgan fingerprint density at radius 1 is 1.28 bits per heavy atom. The summed E-state index contributed by atoms with van der Waals surface area (Å²) in [5.74, 6) is -2.14. The fourth-order valence-corrected chi connectivity index (χ4v) is 2.80. The zero-order valence-electron chi connectivity index (χ0n) is 14.3. The van der Waals surface area contributed by atoms with Gasteiger partial charge in [-0.25, -0.2) is 18.0 Å². The molecule has 2 amide bonds. The van der Waals surface area contributed by atoms with Crippen LogP contribution in [0.5, 0.6) is 0 Å². The second-order valence-corrected chi connectivity index (χ2v) is 5.67. The molecule has 1 aliphatic carbocycles. The van der Waals surface area contributed by atoms with Gasteiger partial charge in [0.15, 0.2) is 6.17 Å². The van der Waals surface area contributed by atoms with Gasteiger partial charge in [-0.1, -0.05) is 19.6 Å². The third-order valence-corrected chi connectivity index (χ3v) is 3.85. The summed E-state index contributed by atoms with van der Waals surface area (Å²) in [6.07, 6.45) is -1.31. The quantitative estimate of drug-likeness (QED) is 0.752. The molecule has 1 saturated heterocycles. The molecular weight excluding hydrogens is 331 g/mol. The number of alkyl halides is 1. The van der Waals surface area contributed by atoms with E-state index in [9.17, 15) is 18.0 Å². The van der Waals surface area contributed by atoms with Gasteiger partial charge in [-0.05, 0) is 30.2 Å². The summed E-state index contributed by atoms with van der Waals surface area (Å²) in [6.45, 7) is 5.85. The molecule has 1 aromatic rings. The van der Waals surface area contributed by atoms with Crippen molar-refractivity contribution in [2.45, 2.75) is 45.8 Å². The summed E-state index contributed by atoms with van der Waals surface area (Å²) in [5, 5.41) is 10.3. The summed E-state index contributed by atoms with van der Waals surface area (Å²) < 4.78 is 40.7. The molecule has 1 aromatic carbocycles. The average Bonchev–Trinajstić information content (AvgIpc) is 2.82. The summed E-state index contributed by atoms with van der Waals surface area (Å²) in [6, 6.07) is 1.18. The summed E-state index contributed by atoms with van der Waals surface area (Å²) in [7, 11) is 0. The largest absolute Gasteiger partial charge is 0.328 e. The lowest BCUT2D eigenvalue weighted by Gasteiger charge is -2.26. The standard InChI is InChI=1S/C16H14F3N3O.C2H6/c1-8-2-12(3-8)21-16(23)22-14(7-13(19)15(22)20)9-4-10(17)6-11(18)5-9;1-2/h4-6,13-14,20H,2,7H2,1H3,(H,21,23);1-2H3/t13?,14-;/m0./s1. The molecule has 7 heteroatoms. The minimum absolute atomic E-state index is 0.122. The van der Waals surface area contributed by atoms with Crippen LogP contribution in [-0.4, -0.2) is 22.9 Å². The van der Waals surface area contributed by atoms with Gasteiger partial charge < -0.3 is 5.32 Å². The molecule has 0 saturated carbocycles. The molecule has 1 fully saturated rings. The maximum Gasteiger partial charge on any atom is 0.328 e. The Morgan fingerprint density at radius 3 is 2.36 bits per heavy atom. The minimum atomic E-state index is -1.66. The Morgan fingerprint density at radius 2 is 1.84 bits per heavy atom. The van der Waals surface area contributed by atoms with E-state index in [-0.39, 0.29) is 12.0 Å². The number of nitrogens with zero attached hydrogens (tertiary/aromatic N) is 1. The van der Waals surface area contributed by atoms with Crippen LogP contribution in [0.4, 0.5) is 18.0 Å². The fourth-order valence-electron chi connectivity index (χ4n) is 2.80. The van der Waals surface area contributed by atoms with Crippen LogP contribution < -0.4 is 5.32 Å². The Hall–Kier alpha value is -2.53. The molecule has 2 aliphatic rings. The van der Waals surface area contributed by atoms with Gasteiger partial charge in [-0.15, -0.1) is 0 Å². The van der Waals surface area contributed by atoms with Gasteiger partial charge >= 0.3 is 6.03 Å². The first kappa shape index (κ1) is 18.8. The van der Waals surface area contributed by atoms with Gasteiger partial charge in [-0.2, -0.15) is 0 Å². The van der Waals surface area contributed by atoms with Crippen LogP contribution in [0.25, 0.3) is 0 Å². The van der Waals surface area contributed by atoms with Crippen molar-refractivity contribution in [2.24, 2.45) is 0 Å². The van der Waals surface area contributed by atoms with Crippen LogP contribution in [0.15, 0.2) is 35.2 Å². The number of urea groups is 1. The van der Waals surface area contributed by atoms with E-state index >= 15 is 0 Å². The minimum Gasteiger partial charge on any atom is -0.304 e. The van der Waals surface area contributed by atoms with Gasteiger partial charge in [0.2, 0.25) is 0 Å². The molecule has 134 valence electrons. The third kappa shape index (κ3) is 3.94. The number of amides is 2. The molecule has 1 heterocycles. The number of benzene rings is 1. The van der Waals surface area contributed by atoms with Gasteiger partial charge in [0.05, 0.1) is 11.7 Å². The van der Waals surface area contributed by atoms with Crippen molar-refractivity contribution in [1.82, 2.24) is 10.2 Å². The number of nitrogens with one attached hydrogen (secondary N) is 2. The Balaban J connectivity index is 0.00000109. The zero-order chi connectivity index (χ0) is 18.7. The van der Waals surface area contributed by atoms with Crippen molar-refractivity contribution in [3.05, 3.63) is 52.4 Å². The second-order valence-electron chi connectivity index (χ2n) is 5.67. The van der Waals surface area contributed by atoms with Crippen LogP contribution in [0, 0.1) is 17.0 Å². The van der Waals surface area contributed by atoms with Crippen molar-refractivity contribution in [3.63, 3.8) is 0 Å². The molecule has 0 spiro atoms.